The van der Waals surface area contributed by atoms with Crippen molar-refractivity contribution >= 4 is 51.3 Å². The lowest BCUT2D eigenvalue weighted by molar-refractivity contribution is -0.132. The van der Waals surface area contributed by atoms with Crippen molar-refractivity contribution in [2.45, 2.75) is 17.6 Å². The second-order valence-electron chi connectivity index (χ2n) is 12.2. The molecule has 6 rings (SSSR count). The van der Waals surface area contributed by atoms with Gasteiger partial charge in [0.15, 0.2) is 11.7 Å². The molecule has 13 heteroatoms. The van der Waals surface area contributed by atoms with Crippen molar-refractivity contribution in [1.29, 1.82) is 0 Å². The number of nitrogens with zero attached hydrogens (tertiary/aromatic N) is 6. The van der Waals surface area contributed by atoms with Gasteiger partial charge in [0.1, 0.15) is 16.8 Å². The number of methoxy groups -OCH3 is 1. The van der Waals surface area contributed by atoms with Crippen LogP contribution in [0, 0.1) is 0 Å². The molecule has 0 aliphatic carbocycles. The van der Waals surface area contributed by atoms with Crippen molar-refractivity contribution in [2.24, 2.45) is 12.8 Å². The SMILES string of the molecule is C=C/C=C(\C=C(/N)OC)c1n[nH]c2ccc(NC(=O)[C@]3(SC)CCN(CC(=O)N4CC=C(c5ccc(-c6ncn(C)n6)cc5)CC4)C3)cc12. The third-order valence-electron chi connectivity index (χ3n) is 9.07. The molecular formula is C36H41N9O3S. The number of aromatic amines is 1. The van der Waals surface area contributed by atoms with E-state index in [1.807, 2.05) is 48.5 Å². The molecule has 0 spiro atoms. The van der Waals surface area contributed by atoms with Crippen molar-refractivity contribution in [3.8, 4) is 11.4 Å². The molecule has 2 aromatic heterocycles. The summed E-state index contributed by atoms with van der Waals surface area (Å²) in [4.78, 5) is 35.5. The molecule has 49 heavy (non-hydrogen) atoms. The van der Waals surface area contributed by atoms with E-state index in [9.17, 15) is 9.59 Å². The van der Waals surface area contributed by atoms with Gasteiger partial charge in [-0.3, -0.25) is 24.3 Å². The summed E-state index contributed by atoms with van der Waals surface area (Å²) in [6.45, 7) is 6.46. The second-order valence-corrected chi connectivity index (χ2v) is 13.4. The highest BCUT2D eigenvalue weighted by molar-refractivity contribution is 8.00. The summed E-state index contributed by atoms with van der Waals surface area (Å²) >= 11 is 1.53. The van der Waals surface area contributed by atoms with E-state index in [4.69, 9.17) is 10.5 Å². The molecule has 1 fully saturated rings. The number of amides is 2. The van der Waals surface area contributed by atoms with Crippen LogP contribution in [0.1, 0.15) is 24.1 Å². The van der Waals surface area contributed by atoms with E-state index in [2.05, 4.69) is 55.3 Å². The summed E-state index contributed by atoms with van der Waals surface area (Å²) in [6, 6.07) is 13.9. The number of allylic oxidation sites excluding steroid dienone is 4. The molecule has 2 aliphatic rings. The average molecular weight is 680 g/mol. The van der Waals surface area contributed by atoms with E-state index < -0.39 is 4.75 Å². The highest BCUT2D eigenvalue weighted by Gasteiger charge is 2.44. The number of hydrogen-bond acceptors (Lipinski definition) is 9. The van der Waals surface area contributed by atoms with E-state index in [1.54, 1.807) is 29.2 Å². The number of likely N-dealkylation sites (tertiary alicyclic amines) is 1. The van der Waals surface area contributed by atoms with Crippen LogP contribution in [-0.4, -0.2) is 97.4 Å². The number of benzene rings is 2. The quantitative estimate of drug-likeness (QED) is 0.155. The zero-order chi connectivity index (χ0) is 34.5. The summed E-state index contributed by atoms with van der Waals surface area (Å²) in [5, 5.41) is 15.8. The first-order valence-corrected chi connectivity index (χ1v) is 17.3. The second kappa shape index (κ2) is 14.5. The molecular weight excluding hydrogens is 639 g/mol. The van der Waals surface area contributed by atoms with Crippen molar-refractivity contribution in [3.63, 3.8) is 0 Å². The Hall–Kier alpha value is -5.14. The maximum absolute atomic E-state index is 13.8. The molecule has 2 amide bonds. The van der Waals surface area contributed by atoms with Crippen LogP contribution >= 0.6 is 11.8 Å². The molecule has 4 heterocycles. The number of nitrogens with two attached hydrogens (primary N) is 1. The Labute approximate surface area is 289 Å². The van der Waals surface area contributed by atoms with Crippen LogP contribution in [0.25, 0.3) is 33.4 Å². The number of rotatable bonds is 11. The van der Waals surface area contributed by atoms with Gasteiger partial charge in [-0.25, -0.2) is 4.98 Å². The number of nitrogens with one attached hydrogen (secondary N) is 2. The Morgan fingerprint density at radius 3 is 2.65 bits per heavy atom. The van der Waals surface area contributed by atoms with Crippen LogP contribution in [0.15, 0.2) is 85.6 Å². The van der Waals surface area contributed by atoms with Crippen LogP contribution in [0.2, 0.25) is 0 Å². The minimum atomic E-state index is -0.677. The molecule has 0 unspecified atom stereocenters. The van der Waals surface area contributed by atoms with E-state index in [-0.39, 0.29) is 24.2 Å². The van der Waals surface area contributed by atoms with Gasteiger partial charge in [0.2, 0.25) is 11.8 Å². The van der Waals surface area contributed by atoms with E-state index in [0.717, 1.165) is 28.5 Å². The zero-order valence-corrected chi connectivity index (χ0v) is 28.8. The highest BCUT2D eigenvalue weighted by atomic mass is 32.2. The van der Waals surface area contributed by atoms with Gasteiger partial charge in [0.25, 0.3) is 0 Å². The van der Waals surface area contributed by atoms with E-state index in [1.165, 1.54) is 24.4 Å². The number of aryl methyl sites for hydroxylation is 1. The number of fused-ring (bicyclic) bond motifs is 1. The summed E-state index contributed by atoms with van der Waals surface area (Å²) in [5.74, 6) is 0.934. The summed E-state index contributed by atoms with van der Waals surface area (Å²) < 4.78 is 6.14. The minimum absolute atomic E-state index is 0.0775. The fraction of sp³-hybridized carbons (Fsp3) is 0.306. The third-order valence-corrected chi connectivity index (χ3v) is 10.4. The molecule has 4 N–H and O–H groups in total. The predicted molar refractivity (Wildman–Crippen MR) is 195 cm³/mol. The Balaban J connectivity index is 1.07. The maximum atomic E-state index is 13.8. The molecule has 254 valence electrons. The molecule has 2 aliphatic heterocycles. The van der Waals surface area contributed by atoms with E-state index in [0.29, 0.717) is 55.4 Å². The molecule has 4 aromatic rings. The van der Waals surface area contributed by atoms with Crippen molar-refractivity contribution < 1.29 is 14.3 Å². The number of ether oxygens (including phenoxy) is 1. The number of thioether (sulfide) groups is 1. The molecule has 0 bridgehead atoms. The largest absolute Gasteiger partial charge is 0.483 e. The van der Waals surface area contributed by atoms with Crippen LogP contribution in [0.5, 0.6) is 0 Å². The lowest BCUT2D eigenvalue weighted by atomic mass is 9.98. The van der Waals surface area contributed by atoms with Crippen LogP contribution in [0.3, 0.4) is 0 Å². The number of aromatic nitrogens is 5. The standard InChI is InChI=1S/C36H41N9O3S/c1-5-6-27(19-31(37)48-3)33-29-20-28(11-12-30(29)40-41-33)39-35(47)36(49-4)15-18-44(22-36)21-32(46)45-16-13-25(14-17-45)24-7-9-26(10-8-24)34-38-23-43(2)42-34/h5-13,19-20,23H,1,14-18,21-22,37H2,2-4H3,(H,39,47)(H,40,41)/b27-6+,31-19+/t36-/m0/s1. The normalized spacial score (nSPS) is 18.8. The molecule has 1 saturated heterocycles. The van der Waals surface area contributed by atoms with E-state index >= 15 is 0 Å². The van der Waals surface area contributed by atoms with Gasteiger partial charge in [0.05, 0.1) is 19.2 Å². The highest BCUT2D eigenvalue weighted by Crippen LogP contribution is 2.36. The molecule has 1 atom stereocenters. The average Bonchev–Trinajstić information content (AvgIpc) is 3.87. The summed E-state index contributed by atoms with van der Waals surface area (Å²) in [6.07, 6.45) is 12.3. The van der Waals surface area contributed by atoms with Crippen LogP contribution in [-0.2, 0) is 21.4 Å². The summed E-state index contributed by atoms with van der Waals surface area (Å²) in [5.41, 5.74) is 12.1. The van der Waals surface area contributed by atoms with Crippen molar-refractivity contribution in [1.82, 2.24) is 34.8 Å². The maximum Gasteiger partial charge on any atom is 0.241 e. The molecule has 12 nitrogen and oxygen atoms in total. The topological polar surface area (TPSA) is 147 Å². The molecule has 0 radical (unpaired) electrons. The molecule has 0 saturated carbocycles. The number of hydrogen-bond donors (Lipinski definition) is 3. The fourth-order valence-corrected chi connectivity index (χ4v) is 7.13. The third kappa shape index (κ3) is 7.32. The smallest absolute Gasteiger partial charge is 0.241 e. The van der Waals surface area contributed by atoms with Gasteiger partial charge >= 0.3 is 0 Å². The Bertz CT molecular complexity index is 1960. The number of carbonyl (C=O) groups is 2. The van der Waals surface area contributed by atoms with Gasteiger partial charge in [-0.05, 0) is 48.4 Å². The monoisotopic (exact) mass is 679 g/mol. The van der Waals surface area contributed by atoms with Gasteiger partial charge < -0.3 is 20.7 Å². The Morgan fingerprint density at radius 2 is 1.98 bits per heavy atom. The lowest BCUT2D eigenvalue weighted by Gasteiger charge is -2.29. The lowest BCUT2D eigenvalue weighted by Crippen LogP contribution is -2.45. The number of carbonyl (C=O) groups excluding carboxylic acids is 2. The van der Waals surface area contributed by atoms with Crippen molar-refractivity contribution in [2.75, 3.05) is 51.4 Å². The first-order chi connectivity index (χ1) is 23.7. The van der Waals surface area contributed by atoms with Crippen molar-refractivity contribution in [3.05, 3.63) is 96.8 Å². The first-order valence-electron chi connectivity index (χ1n) is 16.1. The van der Waals surface area contributed by atoms with Gasteiger partial charge in [-0.1, -0.05) is 49.1 Å². The number of H-pyrrole nitrogens is 1. The predicted octanol–water partition coefficient (Wildman–Crippen LogP) is 4.44. The Kier molecular flexibility index (Phi) is 10.0. The number of anilines is 1. The zero-order valence-electron chi connectivity index (χ0n) is 28.0. The van der Waals surface area contributed by atoms with Crippen LogP contribution in [0.4, 0.5) is 5.69 Å². The first kappa shape index (κ1) is 33.7. The van der Waals surface area contributed by atoms with Gasteiger partial charge in [0, 0.05) is 61.5 Å². The molecule has 2 aromatic carbocycles. The fourth-order valence-electron chi connectivity index (χ4n) is 6.28. The van der Waals surface area contributed by atoms with Gasteiger partial charge in [-0.2, -0.15) is 10.2 Å². The summed E-state index contributed by atoms with van der Waals surface area (Å²) in [7, 11) is 3.35. The minimum Gasteiger partial charge on any atom is -0.483 e. The van der Waals surface area contributed by atoms with Gasteiger partial charge in [-0.15, -0.1) is 11.8 Å². The Morgan fingerprint density at radius 1 is 1.18 bits per heavy atom. The van der Waals surface area contributed by atoms with Crippen LogP contribution < -0.4 is 11.1 Å².